The van der Waals surface area contributed by atoms with Crippen molar-refractivity contribution in [1.29, 1.82) is 0 Å². The zero-order chi connectivity index (χ0) is 24.3. The molecule has 6 heteroatoms. The standard InChI is InChI=1S/C28H30N2O3S/c1-5-33-27(31)25(26-28(3,4)30(26)34(32)23-18-16-20(2)17-19-23)29-24(21-12-8-6-9-13-21)22-14-10-7-11-15-22/h6-19,25-26H,5H2,1-4H3/t25-,26-,30?,34?/m1/s1. The van der Waals surface area contributed by atoms with Crippen LogP contribution in [-0.4, -0.2) is 44.4 Å². The molecule has 176 valence electrons. The van der Waals surface area contributed by atoms with E-state index in [-0.39, 0.29) is 12.6 Å². The molecule has 0 bridgehead atoms. The van der Waals surface area contributed by atoms with Gasteiger partial charge in [0, 0.05) is 16.7 Å². The zero-order valence-corrected chi connectivity index (χ0v) is 20.8. The van der Waals surface area contributed by atoms with Crippen molar-refractivity contribution in [2.75, 3.05) is 6.61 Å². The number of ether oxygens (including phenoxy) is 1. The summed E-state index contributed by atoms with van der Waals surface area (Å²) in [5, 5.41) is 0. The van der Waals surface area contributed by atoms with Gasteiger partial charge in [-0.15, -0.1) is 0 Å². The fraction of sp³-hybridized carbons (Fsp3) is 0.286. The van der Waals surface area contributed by atoms with Crippen LogP contribution >= 0.6 is 0 Å². The number of hydrogen-bond donors (Lipinski definition) is 0. The van der Waals surface area contributed by atoms with Gasteiger partial charge < -0.3 is 4.74 Å². The largest absolute Gasteiger partial charge is 0.464 e. The molecule has 1 heterocycles. The summed E-state index contributed by atoms with van der Waals surface area (Å²) in [6.45, 7) is 8.03. The van der Waals surface area contributed by atoms with E-state index in [0.29, 0.717) is 10.6 Å². The second-order valence-corrected chi connectivity index (χ2v) is 10.3. The summed E-state index contributed by atoms with van der Waals surface area (Å²) in [7, 11) is -1.42. The van der Waals surface area contributed by atoms with Gasteiger partial charge in [-0.3, -0.25) is 4.99 Å². The number of esters is 1. The van der Waals surface area contributed by atoms with Gasteiger partial charge in [-0.05, 0) is 39.8 Å². The molecule has 0 amide bonds. The highest BCUT2D eigenvalue weighted by molar-refractivity contribution is 7.83. The summed E-state index contributed by atoms with van der Waals surface area (Å²) in [4.78, 5) is 18.9. The van der Waals surface area contributed by atoms with E-state index in [1.807, 2.05) is 110 Å². The Hall–Kier alpha value is -3.09. The summed E-state index contributed by atoms with van der Waals surface area (Å²) >= 11 is 0. The second kappa shape index (κ2) is 10.0. The first-order valence-corrected chi connectivity index (χ1v) is 12.6. The Morgan fingerprint density at radius 1 is 0.971 bits per heavy atom. The minimum absolute atomic E-state index is 0.255. The van der Waals surface area contributed by atoms with Gasteiger partial charge in [0.25, 0.3) is 0 Å². The van der Waals surface area contributed by atoms with Gasteiger partial charge in [0.2, 0.25) is 0 Å². The van der Waals surface area contributed by atoms with E-state index < -0.39 is 28.5 Å². The molecule has 3 aromatic carbocycles. The highest BCUT2D eigenvalue weighted by Crippen LogP contribution is 2.47. The SMILES string of the molecule is CCOC(=O)[C@H](N=C(c1ccccc1)c1ccccc1)[C@H]1N(S(=O)c2ccc(C)cc2)C1(C)C. The van der Waals surface area contributed by atoms with Crippen molar-refractivity contribution in [3.63, 3.8) is 0 Å². The fourth-order valence-electron chi connectivity index (χ4n) is 4.21. The van der Waals surface area contributed by atoms with Gasteiger partial charge in [0.15, 0.2) is 6.04 Å². The highest BCUT2D eigenvalue weighted by atomic mass is 32.2. The monoisotopic (exact) mass is 474 g/mol. The normalized spacial score (nSPS) is 20.1. The van der Waals surface area contributed by atoms with E-state index in [2.05, 4.69) is 0 Å². The van der Waals surface area contributed by atoms with E-state index in [1.54, 1.807) is 6.92 Å². The van der Waals surface area contributed by atoms with E-state index >= 15 is 0 Å². The Labute approximate surface area is 204 Å². The maximum atomic E-state index is 13.5. The second-order valence-electron chi connectivity index (χ2n) is 8.89. The Morgan fingerprint density at radius 3 is 2.00 bits per heavy atom. The lowest BCUT2D eigenvalue weighted by atomic mass is 10.00. The van der Waals surface area contributed by atoms with Gasteiger partial charge in [0.05, 0.1) is 23.3 Å². The number of aryl methyl sites for hydroxylation is 1. The average Bonchev–Trinajstić information content (AvgIpc) is 3.42. The molecule has 0 N–H and O–H groups in total. The maximum absolute atomic E-state index is 13.5. The predicted molar refractivity (Wildman–Crippen MR) is 136 cm³/mol. The molecule has 4 atom stereocenters. The molecule has 3 aromatic rings. The van der Waals surface area contributed by atoms with Crippen LogP contribution in [0.15, 0.2) is 94.8 Å². The minimum atomic E-state index is -1.42. The molecule has 1 aliphatic heterocycles. The number of carbonyl (C=O) groups excluding carboxylic acids is 1. The molecule has 0 radical (unpaired) electrons. The van der Waals surface area contributed by atoms with Gasteiger partial charge >= 0.3 is 5.97 Å². The smallest absolute Gasteiger partial charge is 0.332 e. The first-order chi connectivity index (χ1) is 16.3. The number of nitrogens with zero attached hydrogens (tertiary/aromatic N) is 2. The van der Waals surface area contributed by atoms with Crippen LogP contribution in [0.1, 0.15) is 37.5 Å². The quantitative estimate of drug-likeness (QED) is 0.264. The van der Waals surface area contributed by atoms with E-state index in [9.17, 15) is 9.00 Å². The average molecular weight is 475 g/mol. The summed E-state index contributed by atoms with van der Waals surface area (Å²) in [5.41, 5.74) is 3.14. The first-order valence-electron chi connectivity index (χ1n) is 11.5. The van der Waals surface area contributed by atoms with Crippen LogP contribution in [-0.2, 0) is 20.5 Å². The highest BCUT2D eigenvalue weighted by Gasteiger charge is 2.64. The molecule has 1 fully saturated rings. The van der Waals surface area contributed by atoms with Gasteiger partial charge in [0.1, 0.15) is 11.0 Å². The Kier molecular flexibility index (Phi) is 7.10. The summed E-state index contributed by atoms with van der Waals surface area (Å²) in [6.07, 6.45) is 0. The molecule has 0 aliphatic carbocycles. The van der Waals surface area contributed by atoms with Crippen LogP contribution < -0.4 is 0 Å². The van der Waals surface area contributed by atoms with Crippen molar-refractivity contribution < 1.29 is 13.7 Å². The molecular formula is C28H30N2O3S. The topological polar surface area (TPSA) is 58.7 Å². The van der Waals surface area contributed by atoms with Crippen molar-refractivity contribution in [1.82, 2.24) is 4.31 Å². The van der Waals surface area contributed by atoms with Crippen LogP contribution in [0.4, 0.5) is 0 Å². The molecule has 2 unspecified atom stereocenters. The number of aliphatic imine (C=N–C) groups is 1. The van der Waals surface area contributed by atoms with Gasteiger partial charge in [-0.1, -0.05) is 78.4 Å². The lowest BCUT2D eigenvalue weighted by Gasteiger charge is -2.15. The third-order valence-corrected chi connectivity index (χ3v) is 7.80. The van der Waals surface area contributed by atoms with Gasteiger partial charge in [-0.2, -0.15) is 0 Å². The number of carbonyl (C=O) groups is 1. The van der Waals surface area contributed by atoms with Gasteiger partial charge in [-0.25, -0.2) is 13.3 Å². The summed E-state index contributed by atoms with van der Waals surface area (Å²) < 4.78 is 20.8. The molecule has 0 aromatic heterocycles. The van der Waals surface area contributed by atoms with Crippen LogP contribution in [0, 0.1) is 6.92 Å². The zero-order valence-electron chi connectivity index (χ0n) is 20.0. The molecule has 4 rings (SSSR count). The number of benzene rings is 3. The molecule has 1 saturated heterocycles. The van der Waals surface area contributed by atoms with Crippen molar-refractivity contribution in [2.45, 2.75) is 50.2 Å². The fourth-order valence-corrected chi connectivity index (χ4v) is 5.87. The minimum Gasteiger partial charge on any atom is -0.464 e. The van der Waals surface area contributed by atoms with Crippen molar-refractivity contribution >= 4 is 22.7 Å². The van der Waals surface area contributed by atoms with Crippen LogP contribution in [0.5, 0.6) is 0 Å². The van der Waals surface area contributed by atoms with E-state index in [1.165, 1.54) is 0 Å². The van der Waals surface area contributed by atoms with E-state index in [4.69, 9.17) is 9.73 Å². The van der Waals surface area contributed by atoms with Crippen molar-refractivity contribution in [3.05, 3.63) is 102 Å². The molecule has 0 spiro atoms. The molecule has 0 saturated carbocycles. The molecule has 5 nitrogen and oxygen atoms in total. The molecular weight excluding hydrogens is 444 g/mol. The maximum Gasteiger partial charge on any atom is 0.332 e. The van der Waals surface area contributed by atoms with Crippen molar-refractivity contribution in [2.24, 2.45) is 4.99 Å². The Morgan fingerprint density at radius 2 is 1.50 bits per heavy atom. The third kappa shape index (κ3) is 4.88. The number of rotatable bonds is 8. The van der Waals surface area contributed by atoms with Crippen LogP contribution in [0.25, 0.3) is 0 Å². The van der Waals surface area contributed by atoms with Crippen LogP contribution in [0.3, 0.4) is 0 Å². The summed E-state index contributed by atoms with van der Waals surface area (Å²) in [5.74, 6) is -0.409. The third-order valence-electron chi connectivity index (χ3n) is 6.07. The molecule has 1 aliphatic rings. The predicted octanol–water partition coefficient (Wildman–Crippen LogP) is 4.95. The molecule has 34 heavy (non-hydrogen) atoms. The van der Waals surface area contributed by atoms with E-state index in [0.717, 1.165) is 16.7 Å². The van der Waals surface area contributed by atoms with Crippen LogP contribution in [0.2, 0.25) is 0 Å². The lowest BCUT2D eigenvalue weighted by molar-refractivity contribution is -0.144. The summed E-state index contributed by atoms with van der Waals surface area (Å²) in [6, 6.07) is 26.1. The Bertz CT molecular complexity index is 1150. The first kappa shape index (κ1) is 24.0. The number of hydrogen-bond acceptors (Lipinski definition) is 4. The Balaban J connectivity index is 1.77. The van der Waals surface area contributed by atoms with Crippen molar-refractivity contribution in [3.8, 4) is 0 Å². The lowest BCUT2D eigenvalue weighted by Crippen LogP contribution is -2.32.